The number of ether oxygens (including phenoxy) is 3. The Morgan fingerprint density at radius 2 is 1.77 bits per heavy atom. The second-order valence-electron chi connectivity index (χ2n) is 9.95. The Morgan fingerprint density at radius 3 is 2.42 bits per heavy atom. The molecule has 8 nitrogen and oxygen atoms in total. The number of hydrogen-bond acceptors (Lipinski definition) is 5. The van der Waals surface area contributed by atoms with Crippen LogP contribution in [0.25, 0.3) is 0 Å². The number of likely N-dealkylation sites (tertiary alicyclic amines) is 1. The van der Waals surface area contributed by atoms with E-state index in [2.05, 4.69) is 4.74 Å². The zero-order valence-corrected chi connectivity index (χ0v) is 23.3. The fraction of sp³-hybridized carbons (Fsp3) is 0.517. The number of amides is 3. The smallest absolute Gasteiger partial charge is 0.497 e. The Hall–Kier alpha value is -3.63. The van der Waals surface area contributed by atoms with Crippen molar-refractivity contribution in [3.8, 4) is 17.2 Å². The van der Waals surface area contributed by atoms with Gasteiger partial charge >= 0.3 is 12.4 Å². The van der Waals surface area contributed by atoms with Gasteiger partial charge in [-0.25, -0.2) is 4.79 Å². The van der Waals surface area contributed by atoms with Crippen LogP contribution >= 0.6 is 0 Å². The lowest BCUT2D eigenvalue weighted by atomic mass is 9.87. The number of methoxy groups -OCH3 is 2. The molecule has 2 aliphatic rings. The van der Waals surface area contributed by atoms with Gasteiger partial charge in [0.1, 0.15) is 17.2 Å². The third kappa shape index (κ3) is 6.23. The molecule has 2 aliphatic heterocycles. The van der Waals surface area contributed by atoms with Gasteiger partial charge in [-0.05, 0) is 62.4 Å². The number of carbonyl (C=O) groups is 2. The van der Waals surface area contributed by atoms with Gasteiger partial charge in [0.15, 0.2) is 0 Å². The summed E-state index contributed by atoms with van der Waals surface area (Å²) in [4.78, 5) is 32.3. The van der Waals surface area contributed by atoms with Crippen LogP contribution in [0.15, 0.2) is 36.4 Å². The molecule has 0 radical (unpaired) electrons. The number of carbonyl (C=O) groups excluding carboxylic acids is 2. The molecule has 2 aromatic carbocycles. The largest absolute Gasteiger partial charge is 0.573 e. The Morgan fingerprint density at radius 1 is 1.02 bits per heavy atom. The standard InChI is InChI=1S/C29H36F3N3O5/c1-5-33(6-2)27(36)21-10-8-13-34(18-21)28(37)35-14-12-19-15-23(38-3)17-24(39-4)25(19)26(35)20-9-7-11-22(16-20)40-29(30,31)32/h7,9,11,15-17,21,26H,5-6,8,10,12-14,18H2,1-4H3. The van der Waals surface area contributed by atoms with Gasteiger partial charge in [0.25, 0.3) is 0 Å². The van der Waals surface area contributed by atoms with Crippen molar-refractivity contribution in [1.82, 2.24) is 14.7 Å². The van der Waals surface area contributed by atoms with Crippen LogP contribution in [0.5, 0.6) is 17.2 Å². The van der Waals surface area contributed by atoms with Gasteiger partial charge in [-0.1, -0.05) is 12.1 Å². The minimum absolute atomic E-state index is 0.0359. The molecular weight excluding hydrogens is 527 g/mol. The number of benzene rings is 2. The molecule has 218 valence electrons. The minimum Gasteiger partial charge on any atom is -0.497 e. The molecule has 4 rings (SSSR count). The molecule has 2 atom stereocenters. The van der Waals surface area contributed by atoms with E-state index in [9.17, 15) is 22.8 Å². The van der Waals surface area contributed by atoms with Crippen LogP contribution in [0.2, 0.25) is 0 Å². The third-order valence-corrected chi connectivity index (χ3v) is 7.63. The number of hydrogen-bond donors (Lipinski definition) is 0. The molecule has 40 heavy (non-hydrogen) atoms. The number of rotatable bonds is 7. The highest BCUT2D eigenvalue weighted by Crippen LogP contribution is 2.44. The van der Waals surface area contributed by atoms with Crippen molar-refractivity contribution < 1.29 is 37.0 Å². The van der Waals surface area contributed by atoms with Crippen molar-refractivity contribution in [2.45, 2.75) is 45.5 Å². The molecule has 1 saturated heterocycles. The molecule has 2 unspecified atom stereocenters. The first-order valence-corrected chi connectivity index (χ1v) is 13.5. The number of fused-ring (bicyclic) bond motifs is 1. The van der Waals surface area contributed by atoms with Gasteiger partial charge in [-0.2, -0.15) is 0 Å². The van der Waals surface area contributed by atoms with E-state index in [0.29, 0.717) is 74.6 Å². The van der Waals surface area contributed by atoms with Gasteiger partial charge < -0.3 is 28.9 Å². The predicted octanol–water partition coefficient (Wildman–Crippen LogP) is 5.25. The first-order chi connectivity index (χ1) is 19.1. The summed E-state index contributed by atoms with van der Waals surface area (Å²) in [5.74, 6) is 0.411. The maximum Gasteiger partial charge on any atom is 0.573 e. The summed E-state index contributed by atoms with van der Waals surface area (Å²) in [6.07, 6.45) is -2.97. The van der Waals surface area contributed by atoms with E-state index in [-0.39, 0.29) is 23.6 Å². The van der Waals surface area contributed by atoms with Crippen LogP contribution in [0, 0.1) is 5.92 Å². The van der Waals surface area contributed by atoms with Gasteiger partial charge in [0.2, 0.25) is 5.91 Å². The predicted molar refractivity (Wildman–Crippen MR) is 143 cm³/mol. The topological polar surface area (TPSA) is 71.6 Å². The molecule has 3 amide bonds. The Balaban J connectivity index is 1.73. The molecule has 0 aromatic heterocycles. The molecule has 0 aliphatic carbocycles. The van der Waals surface area contributed by atoms with Crippen LogP contribution < -0.4 is 14.2 Å². The fourth-order valence-electron chi connectivity index (χ4n) is 5.75. The second kappa shape index (κ2) is 12.3. The summed E-state index contributed by atoms with van der Waals surface area (Å²) in [5, 5.41) is 0. The highest BCUT2D eigenvalue weighted by atomic mass is 19.4. The van der Waals surface area contributed by atoms with Gasteiger partial charge in [-0.3, -0.25) is 4.79 Å². The zero-order valence-electron chi connectivity index (χ0n) is 23.3. The molecule has 2 heterocycles. The monoisotopic (exact) mass is 563 g/mol. The van der Waals surface area contributed by atoms with E-state index >= 15 is 0 Å². The van der Waals surface area contributed by atoms with Gasteiger partial charge in [0, 0.05) is 44.4 Å². The number of piperidine rings is 1. The molecule has 1 fully saturated rings. The van der Waals surface area contributed by atoms with Crippen molar-refractivity contribution in [2.24, 2.45) is 5.92 Å². The Bertz CT molecular complexity index is 1200. The average molecular weight is 564 g/mol. The van der Waals surface area contributed by atoms with Crippen molar-refractivity contribution >= 4 is 11.9 Å². The van der Waals surface area contributed by atoms with Gasteiger partial charge in [0.05, 0.1) is 26.2 Å². The third-order valence-electron chi connectivity index (χ3n) is 7.63. The summed E-state index contributed by atoms with van der Waals surface area (Å²) in [5.41, 5.74) is 2.01. The van der Waals surface area contributed by atoms with Crippen molar-refractivity contribution in [1.29, 1.82) is 0 Å². The molecular formula is C29H36F3N3O5. The van der Waals surface area contributed by atoms with Crippen LogP contribution in [-0.2, 0) is 11.2 Å². The summed E-state index contributed by atoms with van der Waals surface area (Å²) in [7, 11) is 3.05. The lowest BCUT2D eigenvalue weighted by Gasteiger charge is -2.43. The van der Waals surface area contributed by atoms with Crippen molar-refractivity contribution in [2.75, 3.05) is 46.9 Å². The summed E-state index contributed by atoms with van der Waals surface area (Å²) < 4.78 is 54.5. The van der Waals surface area contributed by atoms with E-state index < -0.39 is 12.4 Å². The summed E-state index contributed by atoms with van der Waals surface area (Å²) >= 11 is 0. The lowest BCUT2D eigenvalue weighted by Crippen LogP contribution is -2.53. The number of urea groups is 1. The fourth-order valence-corrected chi connectivity index (χ4v) is 5.75. The summed E-state index contributed by atoms with van der Waals surface area (Å²) in [6.45, 7) is 6.18. The van der Waals surface area contributed by atoms with Crippen molar-refractivity contribution in [3.05, 3.63) is 53.1 Å². The van der Waals surface area contributed by atoms with E-state index in [1.165, 1.54) is 25.3 Å². The first-order valence-electron chi connectivity index (χ1n) is 13.5. The van der Waals surface area contributed by atoms with Gasteiger partial charge in [-0.15, -0.1) is 13.2 Å². The molecule has 0 saturated carbocycles. The zero-order chi connectivity index (χ0) is 29.0. The van der Waals surface area contributed by atoms with E-state index in [0.717, 1.165) is 5.56 Å². The van der Waals surface area contributed by atoms with E-state index in [1.54, 1.807) is 33.9 Å². The first kappa shape index (κ1) is 29.4. The van der Waals surface area contributed by atoms with Crippen LogP contribution in [0.4, 0.5) is 18.0 Å². The van der Waals surface area contributed by atoms with Crippen LogP contribution in [0.3, 0.4) is 0 Å². The SMILES string of the molecule is CCN(CC)C(=O)C1CCCN(C(=O)N2CCc3cc(OC)cc(OC)c3C2c2cccc(OC(F)(F)F)c2)C1. The number of halogens is 3. The highest BCUT2D eigenvalue weighted by molar-refractivity contribution is 5.81. The number of nitrogens with zero attached hydrogens (tertiary/aromatic N) is 3. The second-order valence-corrected chi connectivity index (χ2v) is 9.95. The van der Waals surface area contributed by atoms with Crippen molar-refractivity contribution in [3.63, 3.8) is 0 Å². The highest BCUT2D eigenvalue weighted by Gasteiger charge is 2.40. The van der Waals surface area contributed by atoms with Crippen LogP contribution in [0.1, 0.15) is 49.4 Å². The molecule has 0 spiro atoms. The Kier molecular flexibility index (Phi) is 9.00. The molecule has 11 heteroatoms. The number of alkyl halides is 3. The molecule has 0 bridgehead atoms. The van der Waals surface area contributed by atoms with E-state index in [1.807, 2.05) is 19.9 Å². The Labute approximate surface area is 232 Å². The minimum atomic E-state index is -4.86. The lowest BCUT2D eigenvalue weighted by molar-refractivity contribution is -0.274. The quantitative estimate of drug-likeness (QED) is 0.460. The molecule has 2 aromatic rings. The maximum atomic E-state index is 14.1. The maximum absolute atomic E-state index is 14.1. The average Bonchev–Trinajstić information content (AvgIpc) is 2.95. The normalized spacial score (nSPS) is 19.1. The summed E-state index contributed by atoms with van der Waals surface area (Å²) in [6, 6.07) is 8.24. The molecule has 0 N–H and O–H groups in total. The van der Waals surface area contributed by atoms with E-state index in [4.69, 9.17) is 9.47 Å². The van der Waals surface area contributed by atoms with Crippen LogP contribution in [-0.4, -0.2) is 79.9 Å².